The number of benzene rings is 2. The van der Waals surface area contributed by atoms with Crippen molar-refractivity contribution in [3.8, 4) is 11.5 Å². The molecule has 2 heterocycles. The second kappa shape index (κ2) is 6.71. The monoisotopic (exact) mass is 351 g/mol. The molecule has 0 fully saturated rings. The Kier molecular flexibility index (Phi) is 4.24. The second-order valence-corrected chi connectivity index (χ2v) is 6.29. The normalized spacial score (nSPS) is 18.7. The van der Waals surface area contributed by atoms with Crippen molar-refractivity contribution >= 4 is 16.9 Å². The van der Waals surface area contributed by atoms with Gasteiger partial charge in [0.1, 0.15) is 11.9 Å². The summed E-state index contributed by atoms with van der Waals surface area (Å²) in [7, 11) is 0. The summed E-state index contributed by atoms with van der Waals surface area (Å²) in [5, 5.41) is 2.94. The van der Waals surface area contributed by atoms with Gasteiger partial charge in [-0.2, -0.15) is 0 Å². The van der Waals surface area contributed by atoms with Crippen LogP contribution in [-0.2, 0) is 17.9 Å². The fraction of sp³-hybridized carbons (Fsp3) is 0.300. The van der Waals surface area contributed by atoms with Crippen LogP contribution in [0, 0.1) is 0 Å². The largest absolute Gasteiger partial charge is 0.482 e. The van der Waals surface area contributed by atoms with Gasteiger partial charge in [0.05, 0.1) is 17.6 Å². The third kappa shape index (κ3) is 2.87. The van der Waals surface area contributed by atoms with Crippen molar-refractivity contribution in [2.24, 2.45) is 0 Å². The summed E-state index contributed by atoms with van der Waals surface area (Å²) in [5.74, 6) is 1.87. The van der Waals surface area contributed by atoms with Gasteiger partial charge in [0.2, 0.25) is 6.10 Å². The molecule has 6 nitrogen and oxygen atoms in total. The Morgan fingerprint density at radius 2 is 1.81 bits per heavy atom. The van der Waals surface area contributed by atoms with Crippen LogP contribution in [0.25, 0.3) is 11.0 Å². The zero-order chi connectivity index (χ0) is 18.1. The summed E-state index contributed by atoms with van der Waals surface area (Å²) in [5.41, 5.74) is 2.00. The highest BCUT2D eigenvalue weighted by molar-refractivity contribution is 5.82. The molecule has 0 spiro atoms. The van der Waals surface area contributed by atoms with E-state index in [1.165, 1.54) is 0 Å². The number of ether oxygens (including phenoxy) is 2. The zero-order valence-electron chi connectivity index (χ0n) is 14.8. The van der Waals surface area contributed by atoms with Gasteiger partial charge in [-0.1, -0.05) is 24.3 Å². The van der Waals surface area contributed by atoms with Crippen molar-refractivity contribution in [1.82, 2.24) is 14.9 Å². The lowest BCUT2D eigenvalue weighted by atomic mass is 10.1. The number of hydrogen-bond donors (Lipinski definition) is 1. The van der Waals surface area contributed by atoms with Crippen LogP contribution >= 0.6 is 0 Å². The van der Waals surface area contributed by atoms with Gasteiger partial charge in [-0.3, -0.25) is 4.79 Å². The highest BCUT2D eigenvalue weighted by Gasteiger charge is 2.34. The Balaban J connectivity index is 1.49. The molecule has 0 saturated carbocycles. The molecule has 4 rings (SSSR count). The van der Waals surface area contributed by atoms with Gasteiger partial charge in [-0.25, -0.2) is 4.98 Å². The highest BCUT2D eigenvalue weighted by Crippen LogP contribution is 2.33. The molecule has 0 radical (unpaired) electrons. The number of nitrogens with zero attached hydrogens (tertiary/aromatic N) is 2. The lowest BCUT2D eigenvalue weighted by Gasteiger charge is -2.31. The number of imidazole rings is 1. The summed E-state index contributed by atoms with van der Waals surface area (Å²) >= 11 is 0. The van der Waals surface area contributed by atoms with Crippen LogP contribution in [-0.4, -0.2) is 27.7 Å². The SMILES string of the molecule is CCn1c(CNC(=O)C2Oc3ccccc3OC2C)nc2ccccc21. The van der Waals surface area contributed by atoms with E-state index in [0.29, 0.717) is 18.0 Å². The van der Waals surface area contributed by atoms with Crippen LogP contribution in [0.2, 0.25) is 0 Å². The molecule has 2 atom stereocenters. The third-order valence-electron chi connectivity index (χ3n) is 4.57. The van der Waals surface area contributed by atoms with E-state index in [1.807, 2.05) is 49.4 Å². The van der Waals surface area contributed by atoms with E-state index >= 15 is 0 Å². The van der Waals surface area contributed by atoms with E-state index in [-0.39, 0.29) is 12.0 Å². The van der Waals surface area contributed by atoms with Crippen LogP contribution in [0.15, 0.2) is 48.5 Å². The van der Waals surface area contributed by atoms with E-state index in [4.69, 9.17) is 9.47 Å². The van der Waals surface area contributed by atoms with Gasteiger partial charge in [-0.05, 0) is 38.1 Å². The van der Waals surface area contributed by atoms with Crippen LogP contribution in [0.3, 0.4) is 0 Å². The van der Waals surface area contributed by atoms with Gasteiger partial charge in [0.25, 0.3) is 5.91 Å². The fourth-order valence-electron chi connectivity index (χ4n) is 3.29. The first-order valence-corrected chi connectivity index (χ1v) is 8.81. The Morgan fingerprint density at radius 3 is 2.58 bits per heavy atom. The Hall–Kier alpha value is -3.02. The summed E-state index contributed by atoms with van der Waals surface area (Å²) < 4.78 is 13.8. The molecule has 0 saturated heterocycles. The molecule has 1 aliphatic heterocycles. The number of hydrogen-bond acceptors (Lipinski definition) is 4. The second-order valence-electron chi connectivity index (χ2n) is 6.29. The van der Waals surface area contributed by atoms with Crippen molar-refractivity contribution in [1.29, 1.82) is 0 Å². The molecule has 2 aromatic carbocycles. The predicted octanol–water partition coefficient (Wildman–Crippen LogP) is 2.90. The number of carbonyl (C=O) groups excluding carboxylic acids is 1. The third-order valence-corrected chi connectivity index (χ3v) is 4.57. The molecule has 1 aliphatic rings. The fourth-order valence-corrected chi connectivity index (χ4v) is 3.29. The van der Waals surface area contributed by atoms with Crippen LogP contribution < -0.4 is 14.8 Å². The number of aryl methyl sites for hydroxylation is 1. The first-order chi connectivity index (χ1) is 12.7. The number of nitrogens with one attached hydrogen (secondary N) is 1. The quantitative estimate of drug-likeness (QED) is 0.785. The van der Waals surface area contributed by atoms with Gasteiger partial charge in [-0.15, -0.1) is 0 Å². The van der Waals surface area contributed by atoms with Gasteiger partial charge < -0.3 is 19.4 Å². The van der Waals surface area contributed by atoms with E-state index in [0.717, 1.165) is 23.4 Å². The van der Waals surface area contributed by atoms with Gasteiger partial charge in [0.15, 0.2) is 11.5 Å². The topological polar surface area (TPSA) is 65.4 Å². The number of para-hydroxylation sites is 4. The first-order valence-electron chi connectivity index (χ1n) is 8.81. The number of amides is 1. The van der Waals surface area contributed by atoms with Crippen molar-refractivity contribution in [3.63, 3.8) is 0 Å². The average molecular weight is 351 g/mol. The number of fused-ring (bicyclic) bond motifs is 2. The maximum atomic E-state index is 12.7. The molecule has 6 heteroatoms. The molecule has 3 aromatic rings. The first kappa shape index (κ1) is 16.4. The van der Waals surface area contributed by atoms with E-state index in [2.05, 4.69) is 21.8 Å². The molecule has 1 aromatic heterocycles. The molecule has 1 N–H and O–H groups in total. The zero-order valence-corrected chi connectivity index (χ0v) is 14.8. The summed E-state index contributed by atoms with van der Waals surface area (Å²) in [6.45, 7) is 5.03. The smallest absolute Gasteiger partial charge is 0.265 e. The minimum atomic E-state index is -0.690. The number of aromatic nitrogens is 2. The van der Waals surface area contributed by atoms with Crippen LogP contribution in [0.1, 0.15) is 19.7 Å². The van der Waals surface area contributed by atoms with Crippen molar-refractivity contribution in [2.75, 3.05) is 0 Å². The highest BCUT2D eigenvalue weighted by atomic mass is 16.6. The van der Waals surface area contributed by atoms with Crippen molar-refractivity contribution in [3.05, 3.63) is 54.4 Å². The van der Waals surface area contributed by atoms with Crippen LogP contribution in [0.4, 0.5) is 0 Å². The maximum absolute atomic E-state index is 12.7. The molecule has 26 heavy (non-hydrogen) atoms. The molecule has 0 aliphatic carbocycles. The lowest BCUT2D eigenvalue weighted by Crippen LogP contribution is -2.49. The number of rotatable bonds is 4. The van der Waals surface area contributed by atoms with Crippen molar-refractivity contribution in [2.45, 2.75) is 39.1 Å². The average Bonchev–Trinajstić information content (AvgIpc) is 3.03. The molecule has 1 amide bonds. The van der Waals surface area contributed by atoms with Gasteiger partial charge in [0, 0.05) is 6.54 Å². The minimum Gasteiger partial charge on any atom is -0.482 e. The molecule has 0 bridgehead atoms. The summed E-state index contributed by atoms with van der Waals surface area (Å²) in [6, 6.07) is 15.3. The number of carbonyl (C=O) groups is 1. The predicted molar refractivity (Wildman–Crippen MR) is 98.2 cm³/mol. The molecular formula is C20H21N3O3. The Labute approximate surface area is 151 Å². The Bertz CT molecular complexity index is 950. The summed E-state index contributed by atoms with van der Waals surface area (Å²) in [4.78, 5) is 17.3. The van der Waals surface area contributed by atoms with E-state index in [9.17, 15) is 4.79 Å². The molecule has 2 unspecified atom stereocenters. The van der Waals surface area contributed by atoms with E-state index < -0.39 is 6.10 Å². The van der Waals surface area contributed by atoms with Crippen molar-refractivity contribution < 1.29 is 14.3 Å². The standard InChI is InChI=1S/C20H21N3O3/c1-3-23-15-9-5-4-8-14(15)22-18(23)12-21-20(24)19-13(2)25-16-10-6-7-11-17(16)26-19/h4-11,13,19H,3,12H2,1-2H3,(H,21,24). The lowest BCUT2D eigenvalue weighted by molar-refractivity contribution is -0.133. The molecular weight excluding hydrogens is 330 g/mol. The maximum Gasteiger partial charge on any atom is 0.265 e. The van der Waals surface area contributed by atoms with Gasteiger partial charge >= 0.3 is 0 Å². The minimum absolute atomic E-state index is 0.207. The Morgan fingerprint density at radius 1 is 1.12 bits per heavy atom. The van der Waals surface area contributed by atoms with Crippen LogP contribution in [0.5, 0.6) is 11.5 Å². The van der Waals surface area contributed by atoms with E-state index in [1.54, 1.807) is 6.07 Å². The summed E-state index contributed by atoms with van der Waals surface area (Å²) in [6.07, 6.45) is -1.06. The molecule has 134 valence electrons.